The van der Waals surface area contributed by atoms with E-state index in [0.717, 1.165) is 5.69 Å². The summed E-state index contributed by atoms with van der Waals surface area (Å²) >= 11 is 0. The molecule has 1 N–H and O–H groups in total. The van der Waals surface area contributed by atoms with Gasteiger partial charge in [0.05, 0.1) is 6.42 Å². The second-order valence-corrected chi connectivity index (χ2v) is 4.93. The van der Waals surface area contributed by atoms with E-state index < -0.39 is 5.97 Å². The monoisotopic (exact) mass is 223 g/mol. The highest BCUT2D eigenvalue weighted by Gasteiger charge is 2.18. The van der Waals surface area contributed by atoms with Crippen molar-refractivity contribution in [2.45, 2.75) is 32.6 Å². The van der Waals surface area contributed by atoms with Crippen LogP contribution in [-0.2, 0) is 23.7 Å². The van der Waals surface area contributed by atoms with Gasteiger partial charge < -0.3 is 9.67 Å². The van der Waals surface area contributed by atoms with Crippen LogP contribution >= 0.6 is 0 Å². The lowest BCUT2D eigenvalue weighted by atomic mass is 9.91. The minimum absolute atomic E-state index is 0.129. The van der Waals surface area contributed by atoms with E-state index in [1.165, 1.54) is 4.57 Å². The van der Waals surface area contributed by atoms with Gasteiger partial charge in [-0.3, -0.25) is 9.59 Å². The number of nitrogens with zero attached hydrogens (tertiary/aromatic N) is 1. The van der Waals surface area contributed by atoms with Crippen LogP contribution in [-0.4, -0.2) is 15.6 Å². The number of pyridine rings is 1. The van der Waals surface area contributed by atoms with Gasteiger partial charge in [0, 0.05) is 23.7 Å². The van der Waals surface area contributed by atoms with Gasteiger partial charge >= 0.3 is 5.97 Å². The first kappa shape index (κ1) is 12.5. The lowest BCUT2D eigenvalue weighted by Crippen LogP contribution is -2.30. The van der Waals surface area contributed by atoms with Gasteiger partial charge in [0.15, 0.2) is 0 Å². The molecule has 1 aromatic rings. The van der Waals surface area contributed by atoms with Gasteiger partial charge in [-0.05, 0) is 6.07 Å². The number of carbonyl (C=O) groups is 1. The van der Waals surface area contributed by atoms with E-state index in [0.29, 0.717) is 5.56 Å². The molecule has 0 atom stereocenters. The zero-order chi connectivity index (χ0) is 12.5. The van der Waals surface area contributed by atoms with Crippen LogP contribution in [0.25, 0.3) is 0 Å². The summed E-state index contributed by atoms with van der Waals surface area (Å²) in [5.74, 6) is -0.986. The molecule has 0 aliphatic rings. The third-order valence-electron chi connectivity index (χ3n) is 2.49. The molecule has 4 heteroatoms. The number of aromatic nitrogens is 1. The first-order valence-electron chi connectivity index (χ1n) is 5.14. The summed E-state index contributed by atoms with van der Waals surface area (Å²) in [6.07, 6.45) is -0.225. The Morgan fingerprint density at radius 2 is 1.94 bits per heavy atom. The van der Waals surface area contributed by atoms with Crippen LogP contribution in [0.2, 0.25) is 0 Å². The summed E-state index contributed by atoms with van der Waals surface area (Å²) in [6, 6.07) is 3.43. The Hall–Kier alpha value is -1.58. The number of carboxylic acids is 1. The molecule has 1 heterocycles. The average Bonchev–Trinajstić information content (AvgIpc) is 2.10. The fraction of sp³-hybridized carbons (Fsp3) is 0.500. The number of carboxylic acid groups (broad SMARTS) is 1. The normalized spacial score (nSPS) is 11.5. The number of hydrogen-bond donors (Lipinski definition) is 1. The van der Waals surface area contributed by atoms with E-state index in [-0.39, 0.29) is 17.4 Å². The molecule has 0 aliphatic carbocycles. The van der Waals surface area contributed by atoms with Gasteiger partial charge in [-0.25, -0.2) is 0 Å². The quantitative estimate of drug-likeness (QED) is 0.822. The SMILES string of the molecule is Cn1c(C(C)(C)C)ccc(CC(=O)O)c1=O. The lowest BCUT2D eigenvalue weighted by Gasteiger charge is -2.22. The van der Waals surface area contributed by atoms with Crippen LogP contribution < -0.4 is 5.56 Å². The summed E-state index contributed by atoms with van der Waals surface area (Å²) < 4.78 is 1.53. The maximum Gasteiger partial charge on any atom is 0.308 e. The maximum absolute atomic E-state index is 11.9. The van der Waals surface area contributed by atoms with Crippen LogP contribution in [0.5, 0.6) is 0 Å². The van der Waals surface area contributed by atoms with Crippen molar-refractivity contribution < 1.29 is 9.90 Å². The van der Waals surface area contributed by atoms with Crippen molar-refractivity contribution in [2.75, 3.05) is 0 Å². The van der Waals surface area contributed by atoms with Crippen molar-refractivity contribution in [1.82, 2.24) is 4.57 Å². The molecule has 0 amide bonds. The van der Waals surface area contributed by atoms with Crippen LogP contribution in [0.4, 0.5) is 0 Å². The van der Waals surface area contributed by atoms with Crippen molar-refractivity contribution in [3.05, 3.63) is 33.7 Å². The predicted molar refractivity (Wildman–Crippen MR) is 61.7 cm³/mol. The molecule has 4 nitrogen and oxygen atoms in total. The fourth-order valence-corrected chi connectivity index (χ4v) is 1.74. The topological polar surface area (TPSA) is 59.3 Å². The van der Waals surface area contributed by atoms with Gasteiger partial charge in [-0.1, -0.05) is 26.8 Å². The number of rotatable bonds is 2. The van der Waals surface area contributed by atoms with Crippen molar-refractivity contribution >= 4 is 5.97 Å². The van der Waals surface area contributed by atoms with Crippen LogP contribution in [0, 0.1) is 0 Å². The zero-order valence-corrected chi connectivity index (χ0v) is 10.1. The average molecular weight is 223 g/mol. The maximum atomic E-state index is 11.9. The van der Waals surface area contributed by atoms with Crippen LogP contribution in [0.15, 0.2) is 16.9 Å². The molecule has 88 valence electrons. The molecule has 0 saturated heterocycles. The second kappa shape index (κ2) is 4.12. The minimum Gasteiger partial charge on any atom is -0.481 e. The molecular weight excluding hydrogens is 206 g/mol. The highest BCUT2D eigenvalue weighted by atomic mass is 16.4. The first-order chi connectivity index (χ1) is 7.23. The first-order valence-corrected chi connectivity index (χ1v) is 5.14. The largest absolute Gasteiger partial charge is 0.481 e. The van der Waals surface area contributed by atoms with E-state index in [4.69, 9.17) is 5.11 Å². The Morgan fingerprint density at radius 1 is 1.38 bits per heavy atom. The van der Waals surface area contributed by atoms with Crippen molar-refractivity contribution in [3.63, 3.8) is 0 Å². The number of aliphatic carboxylic acids is 1. The zero-order valence-electron chi connectivity index (χ0n) is 10.1. The number of hydrogen-bond acceptors (Lipinski definition) is 2. The highest BCUT2D eigenvalue weighted by Crippen LogP contribution is 2.20. The molecule has 1 rings (SSSR count). The molecule has 0 spiro atoms. The van der Waals surface area contributed by atoms with Gasteiger partial charge in [0.2, 0.25) is 0 Å². The van der Waals surface area contributed by atoms with E-state index in [9.17, 15) is 9.59 Å². The Bertz CT molecular complexity index is 466. The summed E-state index contributed by atoms with van der Waals surface area (Å²) in [5, 5.41) is 8.66. The van der Waals surface area contributed by atoms with E-state index >= 15 is 0 Å². The molecule has 0 unspecified atom stereocenters. The summed E-state index contributed by atoms with van der Waals surface area (Å²) in [7, 11) is 1.67. The molecule has 0 bridgehead atoms. The predicted octanol–water partition coefficient (Wildman–Crippen LogP) is 1.31. The van der Waals surface area contributed by atoms with Gasteiger partial charge in [0.1, 0.15) is 0 Å². The van der Waals surface area contributed by atoms with Crippen LogP contribution in [0.1, 0.15) is 32.0 Å². The Morgan fingerprint density at radius 3 is 2.38 bits per heavy atom. The van der Waals surface area contributed by atoms with Crippen molar-refractivity contribution in [1.29, 1.82) is 0 Å². The lowest BCUT2D eigenvalue weighted by molar-refractivity contribution is -0.136. The smallest absolute Gasteiger partial charge is 0.308 e. The summed E-state index contributed by atoms with van der Waals surface area (Å²) in [6.45, 7) is 6.04. The molecule has 0 aliphatic heterocycles. The molecule has 0 radical (unpaired) electrons. The molecule has 16 heavy (non-hydrogen) atoms. The third kappa shape index (κ3) is 2.51. The van der Waals surface area contributed by atoms with Gasteiger partial charge in [0.25, 0.3) is 5.56 Å². The van der Waals surface area contributed by atoms with Gasteiger partial charge in [-0.2, -0.15) is 0 Å². The molecule has 0 aromatic carbocycles. The van der Waals surface area contributed by atoms with Crippen molar-refractivity contribution in [3.8, 4) is 0 Å². The Labute approximate surface area is 94.5 Å². The molecular formula is C12H17NO3. The van der Waals surface area contributed by atoms with Crippen LogP contribution in [0.3, 0.4) is 0 Å². The summed E-state index contributed by atoms with van der Waals surface area (Å²) in [4.78, 5) is 22.4. The van der Waals surface area contributed by atoms with Gasteiger partial charge in [-0.15, -0.1) is 0 Å². The Balaban J connectivity index is 3.30. The Kier molecular flexibility index (Phi) is 3.21. The fourth-order valence-electron chi connectivity index (χ4n) is 1.74. The third-order valence-corrected chi connectivity index (χ3v) is 2.49. The molecule has 1 aromatic heterocycles. The standard InChI is InChI=1S/C12H17NO3/c1-12(2,3)9-6-5-8(7-10(14)15)11(16)13(9)4/h5-6H,7H2,1-4H3,(H,14,15). The van der Waals surface area contributed by atoms with E-state index in [1.807, 2.05) is 26.8 Å². The van der Waals surface area contributed by atoms with E-state index in [1.54, 1.807) is 13.1 Å². The highest BCUT2D eigenvalue weighted by molar-refractivity contribution is 5.69. The second-order valence-electron chi connectivity index (χ2n) is 4.93. The minimum atomic E-state index is -0.986. The molecule has 0 saturated carbocycles. The molecule has 0 fully saturated rings. The van der Waals surface area contributed by atoms with E-state index in [2.05, 4.69) is 0 Å². The summed E-state index contributed by atoms with van der Waals surface area (Å²) in [5.41, 5.74) is 0.861. The van der Waals surface area contributed by atoms with Crippen molar-refractivity contribution in [2.24, 2.45) is 7.05 Å².